The number of hydrogen-bond acceptors (Lipinski definition) is 3. The number of methoxy groups -OCH3 is 1. The van der Waals surface area contributed by atoms with Crippen LogP contribution in [0.3, 0.4) is 0 Å². The molecule has 20 heavy (non-hydrogen) atoms. The van der Waals surface area contributed by atoms with Gasteiger partial charge in [-0.1, -0.05) is 11.6 Å². The van der Waals surface area contributed by atoms with Gasteiger partial charge in [-0.05, 0) is 41.9 Å². The molecule has 1 N–H and O–H groups in total. The molecule has 2 rings (SSSR count). The van der Waals surface area contributed by atoms with Crippen LogP contribution in [0.2, 0.25) is 0 Å². The fourth-order valence-corrected chi connectivity index (χ4v) is 2.81. The summed E-state index contributed by atoms with van der Waals surface area (Å²) in [6, 6.07) is 5.82. The SMILES string of the molecule is COc1ccc(C)cc1C(O)Cc1c(Br)c(C)nn1C. The average molecular weight is 339 g/mol. The molecule has 2 aromatic rings. The molecule has 5 heteroatoms. The van der Waals surface area contributed by atoms with Crippen molar-refractivity contribution in [3.05, 3.63) is 45.2 Å². The second kappa shape index (κ2) is 5.97. The number of rotatable bonds is 4. The maximum Gasteiger partial charge on any atom is 0.124 e. The molecule has 1 atom stereocenters. The van der Waals surface area contributed by atoms with Gasteiger partial charge in [0, 0.05) is 19.0 Å². The summed E-state index contributed by atoms with van der Waals surface area (Å²) < 4.78 is 8.08. The van der Waals surface area contributed by atoms with Crippen LogP contribution in [0.25, 0.3) is 0 Å². The Bertz CT molecular complexity index is 623. The van der Waals surface area contributed by atoms with Crippen LogP contribution < -0.4 is 4.74 Å². The quantitative estimate of drug-likeness (QED) is 0.931. The minimum absolute atomic E-state index is 0.484. The van der Waals surface area contributed by atoms with Crippen molar-refractivity contribution < 1.29 is 9.84 Å². The number of aliphatic hydroxyl groups is 1. The van der Waals surface area contributed by atoms with E-state index in [-0.39, 0.29) is 0 Å². The predicted octanol–water partition coefficient (Wildman–Crippen LogP) is 3.08. The number of nitrogens with zero attached hydrogens (tertiary/aromatic N) is 2. The van der Waals surface area contributed by atoms with Crippen molar-refractivity contribution in [2.45, 2.75) is 26.4 Å². The van der Waals surface area contributed by atoms with Crippen molar-refractivity contribution in [2.75, 3.05) is 7.11 Å². The van der Waals surface area contributed by atoms with Crippen molar-refractivity contribution in [1.82, 2.24) is 9.78 Å². The summed E-state index contributed by atoms with van der Waals surface area (Å²) in [6.45, 7) is 3.94. The zero-order valence-corrected chi connectivity index (χ0v) is 13.7. The van der Waals surface area contributed by atoms with E-state index in [0.29, 0.717) is 12.2 Å². The largest absolute Gasteiger partial charge is 0.496 e. The minimum atomic E-state index is -0.629. The molecule has 0 saturated carbocycles. The first-order chi connectivity index (χ1) is 9.43. The van der Waals surface area contributed by atoms with E-state index in [0.717, 1.165) is 27.0 Å². The summed E-state index contributed by atoms with van der Waals surface area (Å²) in [5.74, 6) is 0.707. The van der Waals surface area contributed by atoms with E-state index in [4.69, 9.17) is 4.74 Å². The Morgan fingerprint density at radius 3 is 2.65 bits per heavy atom. The van der Waals surface area contributed by atoms with Gasteiger partial charge in [-0.2, -0.15) is 5.10 Å². The molecule has 0 aliphatic carbocycles. The van der Waals surface area contributed by atoms with Crippen LogP contribution in [0.15, 0.2) is 22.7 Å². The van der Waals surface area contributed by atoms with E-state index in [9.17, 15) is 5.11 Å². The summed E-state index contributed by atoms with van der Waals surface area (Å²) in [4.78, 5) is 0. The second-order valence-corrected chi connectivity index (χ2v) is 5.73. The molecule has 0 aliphatic rings. The molecule has 0 fully saturated rings. The molecule has 0 radical (unpaired) electrons. The first-order valence-electron chi connectivity index (χ1n) is 6.44. The van der Waals surface area contributed by atoms with E-state index in [1.165, 1.54) is 0 Å². The van der Waals surface area contributed by atoms with Gasteiger partial charge < -0.3 is 9.84 Å². The fourth-order valence-electron chi connectivity index (χ4n) is 2.31. The molecular formula is C15H19BrN2O2. The number of aromatic nitrogens is 2. The third-order valence-corrected chi connectivity index (χ3v) is 4.42. The maximum atomic E-state index is 10.5. The zero-order valence-electron chi connectivity index (χ0n) is 12.1. The lowest BCUT2D eigenvalue weighted by atomic mass is 10.0. The van der Waals surface area contributed by atoms with Crippen LogP contribution in [0.5, 0.6) is 5.75 Å². The van der Waals surface area contributed by atoms with Crippen molar-refractivity contribution >= 4 is 15.9 Å². The molecule has 0 bridgehead atoms. The van der Waals surface area contributed by atoms with Crippen LogP contribution >= 0.6 is 15.9 Å². The third kappa shape index (κ3) is 2.88. The standard InChI is InChI=1S/C15H19BrN2O2/c1-9-5-6-14(20-4)11(7-9)13(19)8-12-15(16)10(2)17-18(12)3/h5-7,13,19H,8H2,1-4H3. The summed E-state index contributed by atoms with van der Waals surface area (Å²) in [6.07, 6.45) is -0.145. The Hall–Kier alpha value is -1.33. The molecule has 0 saturated heterocycles. The molecule has 0 spiro atoms. The van der Waals surface area contributed by atoms with Crippen molar-refractivity contribution in [2.24, 2.45) is 7.05 Å². The lowest BCUT2D eigenvalue weighted by Gasteiger charge is -2.16. The van der Waals surface area contributed by atoms with Gasteiger partial charge in [-0.25, -0.2) is 0 Å². The van der Waals surface area contributed by atoms with E-state index < -0.39 is 6.10 Å². The highest BCUT2D eigenvalue weighted by atomic mass is 79.9. The Labute approximate surface area is 127 Å². The predicted molar refractivity (Wildman–Crippen MR) is 82.0 cm³/mol. The Morgan fingerprint density at radius 2 is 2.10 bits per heavy atom. The summed E-state index contributed by atoms with van der Waals surface area (Å²) >= 11 is 3.53. The van der Waals surface area contributed by atoms with E-state index in [1.54, 1.807) is 11.8 Å². The number of hydrogen-bond donors (Lipinski definition) is 1. The van der Waals surface area contributed by atoms with Crippen molar-refractivity contribution in [3.8, 4) is 5.75 Å². The smallest absolute Gasteiger partial charge is 0.124 e. The first kappa shape index (κ1) is 15.1. The van der Waals surface area contributed by atoms with Crippen molar-refractivity contribution in [1.29, 1.82) is 0 Å². The Morgan fingerprint density at radius 1 is 1.40 bits per heavy atom. The average Bonchev–Trinajstić information content (AvgIpc) is 2.65. The number of benzene rings is 1. The zero-order chi connectivity index (χ0) is 14.9. The lowest BCUT2D eigenvalue weighted by molar-refractivity contribution is 0.171. The number of ether oxygens (including phenoxy) is 1. The monoisotopic (exact) mass is 338 g/mol. The fraction of sp³-hybridized carbons (Fsp3) is 0.400. The van der Waals surface area contributed by atoms with Crippen LogP contribution in [0.1, 0.15) is 28.6 Å². The molecule has 0 aliphatic heterocycles. The van der Waals surface area contributed by atoms with Crippen LogP contribution in [-0.2, 0) is 13.5 Å². The Kier molecular flexibility index (Phi) is 4.50. The number of aliphatic hydroxyl groups excluding tert-OH is 1. The normalized spacial score (nSPS) is 12.5. The second-order valence-electron chi connectivity index (χ2n) is 4.94. The van der Waals surface area contributed by atoms with E-state index >= 15 is 0 Å². The van der Waals surface area contributed by atoms with E-state index in [2.05, 4.69) is 21.0 Å². The molecule has 1 unspecified atom stereocenters. The van der Waals surface area contributed by atoms with Crippen LogP contribution in [0.4, 0.5) is 0 Å². The highest BCUT2D eigenvalue weighted by Crippen LogP contribution is 2.31. The van der Waals surface area contributed by atoms with Gasteiger partial charge in [0.1, 0.15) is 5.75 Å². The maximum absolute atomic E-state index is 10.5. The highest BCUT2D eigenvalue weighted by molar-refractivity contribution is 9.10. The molecule has 4 nitrogen and oxygen atoms in total. The van der Waals surface area contributed by atoms with Gasteiger partial charge in [0.05, 0.1) is 29.1 Å². The first-order valence-corrected chi connectivity index (χ1v) is 7.24. The number of aryl methyl sites for hydroxylation is 3. The van der Waals surface area contributed by atoms with Gasteiger partial charge in [0.2, 0.25) is 0 Å². The van der Waals surface area contributed by atoms with Gasteiger partial charge in [0.25, 0.3) is 0 Å². The van der Waals surface area contributed by atoms with Gasteiger partial charge in [-0.3, -0.25) is 4.68 Å². The Balaban J connectivity index is 2.32. The van der Waals surface area contributed by atoms with Gasteiger partial charge in [-0.15, -0.1) is 0 Å². The van der Waals surface area contributed by atoms with E-state index in [1.807, 2.05) is 39.1 Å². The highest BCUT2D eigenvalue weighted by Gasteiger charge is 2.19. The topological polar surface area (TPSA) is 47.3 Å². The lowest BCUT2D eigenvalue weighted by Crippen LogP contribution is -2.08. The number of halogens is 1. The van der Waals surface area contributed by atoms with Crippen LogP contribution in [0, 0.1) is 13.8 Å². The molecule has 108 valence electrons. The minimum Gasteiger partial charge on any atom is -0.496 e. The van der Waals surface area contributed by atoms with Gasteiger partial charge >= 0.3 is 0 Å². The molecular weight excluding hydrogens is 320 g/mol. The molecule has 1 aromatic heterocycles. The summed E-state index contributed by atoms with van der Waals surface area (Å²) in [7, 11) is 3.50. The summed E-state index contributed by atoms with van der Waals surface area (Å²) in [5.41, 5.74) is 3.79. The van der Waals surface area contributed by atoms with Gasteiger partial charge in [0.15, 0.2) is 0 Å². The molecule has 1 aromatic carbocycles. The third-order valence-electron chi connectivity index (χ3n) is 3.39. The van der Waals surface area contributed by atoms with Crippen molar-refractivity contribution in [3.63, 3.8) is 0 Å². The van der Waals surface area contributed by atoms with Crippen LogP contribution in [-0.4, -0.2) is 22.0 Å². The molecule has 0 amide bonds. The molecule has 1 heterocycles. The summed E-state index contributed by atoms with van der Waals surface area (Å²) in [5, 5.41) is 14.9.